The molecule has 0 unspecified atom stereocenters. The second-order valence-electron chi connectivity index (χ2n) is 8.97. The first kappa shape index (κ1) is 22.0. The molecule has 0 bridgehead atoms. The quantitative estimate of drug-likeness (QED) is 0.363. The van der Waals surface area contributed by atoms with Crippen LogP contribution in [0.5, 0.6) is 5.75 Å². The van der Waals surface area contributed by atoms with E-state index in [0.29, 0.717) is 34.8 Å². The van der Waals surface area contributed by atoms with Crippen molar-refractivity contribution in [2.75, 3.05) is 13.2 Å². The number of ether oxygens (including phenoxy) is 4. The average molecular weight is 501 g/mol. The minimum absolute atomic E-state index is 0.0230. The van der Waals surface area contributed by atoms with Crippen LogP contribution < -0.4 is 4.74 Å². The first-order valence-electron chi connectivity index (χ1n) is 11.0. The maximum atomic E-state index is 6.52. The van der Waals surface area contributed by atoms with E-state index in [2.05, 4.69) is 15.0 Å². The van der Waals surface area contributed by atoms with Gasteiger partial charge in [0, 0.05) is 29.8 Å². The predicted molar refractivity (Wildman–Crippen MR) is 127 cm³/mol. The van der Waals surface area contributed by atoms with Gasteiger partial charge >= 0.3 is 0 Å². The van der Waals surface area contributed by atoms with Crippen molar-refractivity contribution in [3.63, 3.8) is 0 Å². The lowest BCUT2D eigenvalue weighted by atomic mass is 9.97. The Morgan fingerprint density at radius 3 is 2.91 bits per heavy atom. The third-order valence-corrected chi connectivity index (χ3v) is 6.82. The van der Waals surface area contributed by atoms with Gasteiger partial charge in [0.25, 0.3) is 0 Å². The van der Waals surface area contributed by atoms with Crippen molar-refractivity contribution in [3.05, 3.63) is 59.2 Å². The molecular formula is C24H22Cl2N4O4. The first-order valence-corrected chi connectivity index (χ1v) is 11.8. The minimum atomic E-state index is -0.723. The third kappa shape index (κ3) is 3.89. The summed E-state index contributed by atoms with van der Waals surface area (Å²) in [5.74, 6) is -0.0423. The van der Waals surface area contributed by atoms with Gasteiger partial charge in [-0.1, -0.05) is 23.2 Å². The maximum Gasteiger partial charge on any atom is 0.163 e. The summed E-state index contributed by atoms with van der Waals surface area (Å²) in [4.78, 5) is 12.9. The molecule has 0 spiro atoms. The fraction of sp³-hybridized carbons (Fsp3) is 0.375. The van der Waals surface area contributed by atoms with E-state index in [1.807, 2.05) is 54.9 Å². The van der Waals surface area contributed by atoms with Gasteiger partial charge in [0.1, 0.15) is 41.7 Å². The number of benzene rings is 1. The molecule has 176 valence electrons. The zero-order valence-electron chi connectivity index (χ0n) is 18.5. The molecule has 5 heterocycles. The van der Waals surface area contributed by atoms with Crippen LogP contribution in [0.15, 0.2) is 49.1 Å². The average Bonchev–Trinajstić information content (AvgIpc) is 3.38. The maximum absolute atomic E-state index is 6.52. The molecular weight excluding hydrogens is 479 g/mol. The molecule has 2 aliphatic rings. The number of hydrogen-bond acceptors (Lipinski definition) is 7. The smallest absolute Gasteiger partial charge is 0.163 e. The zero-order valence-corrected chi connectivity index (χ0v) is 20.0. The molecule has 0 aliphatic carbocycles. The lowest BCUT2D eigenvalue weighted by molar-refractivity contribution is -0.295. The van der Waals surface area contributed by atoms with Gasteiger partial charge in [0.05, 0.1) is 22.5 Å². The largest absolute Gasteiger partial charge is 0.491 e. The van der Waals surface area contributed by atoms with Crippen molar-refractivity contribution in [2.24, 2.45) is 5.92 Å². The molecule has 0 N–H and O–H groups in total. The third-order valence-electron chi connectivity index (χ3n) is 6.31. The highest BCUT2D eigenvalue weighted by molar-refractivity contribution is 6.33. The molecule has 0 radical (unpaired) electrons. The highest BCUT2D eigenvalue weighted by Crippen LogP contribution is 2.43. The van der Waals surface area contributed by atoms with Gasteiger partial charge in [-0.2, -0.15) is 0 Å². The number of aromatic nitrogens is 4. The second-order valence-corrected chi connectivity index (χ2v) is 9.76. The van der Waals surface area contributed by atoms with Crippen molar-refractivity contribution in [1.29, 1.82) is 0 Å². The number of nitrogens with zero attached hydrogens (tertiary/aromatic N) is 4. The van der Waals surface area contributed by atoms with Gasteiger partial charge in [-0.25, -0.2) is 9.97 Å². The van der Waals surface area contributed by atoms with Crippen molar-refractivity contribution in [2.45, 2.75) is 38.1 Å². The van der Waals surface area contributed by atoms with Crippen LogP contribution in [0.4, 0.5) is 0 Å². The minimum Gasteiger partial charge on any atom is -0.491 e. The van der Waals surface area contributed by atoms with Crippen molar-refractivity contribution in [3.8, 4) is 5.75 Å². The Morgan fingerprint density at radius 2 is 2.03 bits per heavy atom. The van der Waals surface area contributed by atoms with E-state index in [1.54, 1.807) is 6.20 Å². The molecule has 3 aromatic heterocycles. The standard InChI is InChI=1S/C24H22Cl2N4O4/c1-24(2)32-10-17-19(11-31-15-4-3-13-7-14(25)9-27-18(13)8-15)33-23(20(17)34-24)30-6-5-16-21(26)28-12-29-22(16)30/h3-9,12,17,19-20,23H,10-11H2,1-2H3/t17-,19-,20-,23-/m1/s1. The van der Waals surface area contributed by atoms with Crippen molar-refractivity contribution in [1.82, 2.24) is 19.5 Å². The lowest BCUT2D eigenvalue weighted by Crippen LogP contribution is -2.48. The van der Waals surface area contributed by atoms with Crippen molar-refractivity contribution >= 4 is 45.1 Å². The fourth-order valence-electron chi connectivity index (χ4n) is 4.66. The molecule has 1 aromatic carbocycles. The molecule has 2 fully saturated rings. The van der Waals surface area contributed by atoms with Gasteiger partial charge in [0.15, 0.2) is 12.0 Å². The summed E-state index contributed by atoms with van der Waals surface area (Å²) in [6, 6.07) is 9.50. The summed E-state index contributed by atoms with van der Waals surface area (Å²) in [5, 5.41) is 2.71. The molecule has 10 heteroatoms. The van der Waals surface area contributed by atoms with Crippen LogP contribution in [0.1, 0.15) is 20.1 Å². The van der Waals surface area contributed by atoms with Gasteiger partial charge in [-0.05, 0) is 38.1 Å². The van der Waals surface area contributed by atoms with Crippen LogP contribution in [-0.4, -0.2) is 50.7 Å². The Hall–Kier alpha value is -2.49. The van der Waals surface area contributed by atoms with Gasteiger partial charge in [0.2, 0.25) is 0 Å². The van der Waals surface area contributed by atoms with Crippen LogP contribution >= 0.6 is 23.2 Å². The summed E-state index contributed by atoms with van der Waals surface area (Å²) in [6.07, 6.45) is 4.06. The molecule has 0 saturated carbocycles. The van der Waals surface area contributed by atoms with Crippen LogP contribution in [0, 0.1) is 5.92 Å². The second kappa shape index (κ2) is 8.32. The highest BCUT2D eigenvalue weighted by Gasteiger charge is 2.52. The number of halogens is 2. The molecule has 0 amide bonds. The molecule has 34 heavy (non-hydrogen) atoms. The Balaban J connectivity index is 1.27. The molecule has 8 nitrogen and oxygen atoms in total. The SMILES string of the molecule is CC1(C)OC[C@H]2[C@@H](O1)[C@H](n1ccc3c(Cl)ncnc31)O[C@@H]2COc1ccc2cc(Cl)cnc2c1. The highest BCUT2D eigenvalue weighted by atomic mass is 35.5. The summed E-state index contributed by atoms with van der Waals surface area (Å²) in [5.41, 5.74) is 1.50. The predicted octanol–water partition coefficient (Wildman–Crippen LogP) is 5.03. The van der Waals surface area contributed by atoms with Gasteiger partial charge in [-0.3, -0.25) is 4.98 Å². The van der Waals surface area contributed by atoms with E-state index in [4.69, 9.17) is 42.1 Å². The fourth-order valence-corrected chi connectivity index (χ4v) is 5.02. The summed E-state index contributed by atoms with van der Waals surface area (Å²) >= 11 is 12.3. The Labute approximate surface area is 205 Å². The monoisotopic (exact) mass is 500 g/mol. The van der Waals surface area contributed by atoms with E-state index in [1.165, 1.54) is 6.33 Å². The molecule has 6 rings (SSSR count). The molecule has 2 saturated heterocycles. The summed E-state index contributed by atoms with van der Waals surface area (Å²) in [7, 11) is 0. The molecule has 4 atom stereocenters. The normalized spacial score (nSPS) is 26.1. The Bertz CT molecular complexity index is 1380. The Kier molecular flexibility index (Phi) is 5.38. The van der Waals surface area contributed by atoms with E-state index >= 15 is 0 Å². The summed E-state index contributed by atoms with van der Waals surface area (Å²) in [6.45, 7) is 4.64. The number of hydrogen-bond donors (Lipinski definition) is 0. The van der Waals surface area contributed by atoms with Crippen LogP contribution in [0.2, 0.25) is 10.2 Å². The number of rotatable bonds is 4. The van der Waals surface area contributed by atoms with Gasteiger partial charge in [-0.15, -0.1) is 0 Å². The molecule has 2 aliphatic heterocycles. The van der Waals surface area contributed by atoms with Crippen LogP contribution in [0.3, 0.4) is 0 Å². The van der Waals surface area contributed by atoms with E-state index < -0.39 is 12.0 Å². The Morgan fingerprint density at radius 1 is 1.15 bits per heavy atom. The van der Waals surface area contributed by atoms with E-state index in [9.17, 15) is 0 Å². The number of pyridine rings is 1. The van der Waals surface area contributed by atoms with E-state index in [-0.39, 0.29) is 18.1 Å². The van der Waals surface area contributed by atoms with Crippen LogP contribution in [-0.2, 0) is 14.2 Å². The van der Waals surface area contributed by atoms with E-state index in [0.717, 1.165) is 16.3 Å². The zero-order chi connectivity index (χ0) is 23.4. The number of fused-ring (bicyclic) bond motifs is 3. The summed E-state index contributed by atoms with van der Waals surface area (Å²) < 4.78 is 26.9. The lowest BCUT2D eigenvalue weighted by Gasteiger charge is -2.39. The van der Waals surface area contributed by atoms with Crippen LogP contribution in [0.25, 0.3) is 21.9 Å². The first-order chi connectivity index (χ1) is 16.4. The van der Waals surface area contributed by atoms with Crippen molar-refractivity contribution < 1.29 is 18.9 Å². The topological polar surface area (TPSA) is 80.5 Å². The van der Waals surface area contributed by atoms with Gasteiger partial charge < -0.3 is 23.5 Å². The molecule has 4 aromatic rings.